The molecule has 1 fully saturated rings. The molecule has 0 aliphatic heterocycles. The predicted octanol–water partition coefficient (Wildman–Crippen LogP) is 0.210. The molecule has 0 saturated heterocycles. The monoisotopic (exact) mass is 221 g/mol. The number of hydrogen-bond acceptors (Lipinski definition) is 4. The number of nitrogens with two attached hydrogens (primary N) is 1. The summed E-state index contributed by atoms with van der Waals surface area (Å²) >= 11 is 0. The van der Waals surface area contributed by atoms with Crippen LogP contribution in [-0.2, 0) is 4.79 Å². The summed E-state index contributed by atoms with van der Waals surface area (Å²) in [6.45, 7) is 0. The third-order valence-corrected chi connectivity index (χ3v) is 2.57. The Bertz CT molecular complexity index is 437. The van der Waals surface area contributed by atoms with E-state index in [0.29, 0.717) is 24.2 Å². The number of nitrogens with one attached hydrogen (secondary N) is 1. The number of pyridine rings is 1. The molecule has 16 heavy (non-hydrogen) atoms. The van der Waals surface area contributed by atoms with Gasteiger partial charge in [-0.2, -0.15) is 0 Å². The van der Waals surface area contributed by atoms with E-state index in [2.05, 4.69) is 10.3 Å². The third kappa shape index (κ3) is 1.81. The fraction of sp³-hybridized carbons (Fsp3) is 0.300. The van der Waals surface area contributed by atoms with Gasteiger partial charge < -0.3 is 16.2 Å². The van der Waals surface area contributed by atoms with E-state index in [-0.39, 0.29) is 0 Å². The number of anilines is 1. The van der Waals surface area contributed by atoms with Crippen LogP contribution in [0, 0.1) is 0 Å². The van der Waals surface area contributed by atoms with Gasteiger partial charge in [-0.15, -0.1) is 0 Å². The lowest BCUT2D eigenvalue weighted by Crippen LogP contribution is -2.31. The van der Waals surface area contributed by atoms with E-state index in [1.54, 1.807) is 6.07 Å². The lowest BCUT2D eigenvalue weighted by molar-refractivity contribution is -0.138. The summed E-state index contributed by atoms with van der Waals surface area (Å²) in [5.74, 6) is -1.00. The van der Waals surface area contributed by atoms with Gasteiger partial charge in [0.05, 0.1) is 5.56 Å². The van der Waals surface area contributed by atoms with Crippen LogP contribution in [0.2, 0.25) is 0 Å². The number of carbonyl (C=O) groups excluding carboxylic acids is 1. The smallest absolute Gasteiger partial charge is 0.329 e. The minimum atomic E-state index is -0.881. The second-order valence-electron chi connectivity index (χ2n) is 3.81. The highest BCUT2D eigenvalue weighted by molar-refractivity contribution is 5.92. The van der Waals surface area contributed by atoms with Crippen molar-refractivity contribution in [2.24, 2.45) is 5.73 Å². The average Bonchev–Trinajstić information content (AvgIpc) is 3.00. The number of hydrogen-bond donors (Lipinski definition) is 3. The van der Waals surface area contributed by atoms with Crippen LogP contribution in [0.25, 0.3) is 0 Å². The first kappa shape index (κ1) is 10.4. The first-order chi connectivity index (χ1) is 7.53. The molecule has 0 unspecified atom stereocenters. The zero-order valence-corrected chi connectivity index (χ0v) is 8.43. The van der Waals surface area contributed by atoms with E-state index in [1.807, 2.05) is 0 Å². The number of amides is 1. The van der Waals surface area contributed by atoms with E-state index in [0.717, 1.165) is 0 Å². The number of carboxylic acid groups (broad SMARTS) is 1. The number of carboxylic acids is 1. The largest absolute Gasteiger partial charge is 0.480 e. The molecule has 6 heteroatoms. The SMILES string of the molecule is NC(=O)c1ccc(NC2(C(=O)O)CC2)nc1. The third-order valence-electron chi connectivity index (χ3n) is 2.57. The highest BCUT2D eigenvalue weighted by Gasteiger charge is 2.50. The molecule has 4 N–H and O–H groups in total. The van der Waals surface area contributed by atoms with Gasteiger partial charge in [0.2, 0.25) is 5.91 Å². The van der Waals surface area contributed by atoms with Crippen molar-refractivity contribution in [2.45, 2.75) is 18.4 Å². The molecule has 0 aromatic carbocycles. The standard InChI is InChI=1S/C10H11N3O3/c11-8(14)6-1-2-7(12-5-6)13-10(3-4-10)9(15)16/h1-2,5H,3-4H2,(H2,11,14)(H,12,13)(H,15,16). The lowest BCUT2D eigenvalue weighted by atomic mass is 10.2. The van der Waals surface area contributed by atoms with Gasteiger partial charge in [-0.1, -0.05) is 0 Å². The second-order valence-corrected chi connectivity index (χ2v) is 3.81. The van der Waals surface area contributed by atoms with E-state index in [9.17, 15) is 9.59 Å². The molecule has 0 radical (unpaired) electrons. The van der Waals surface area contributed by atoms with E-state index >= 15 is 0 Å². The summed E-state index contributed by atoms with van der Waals surface area (Å²) in [4.78, 5) is 25.6. The number of aromatic nitrogens is 1. The van der Waals surface area contributed by atoms with Gasteiger partial charge in [-0.3, -0.25) is 4.79 Å². The van der Waals surface area contributed by atoms with Gasteiger partial charge in [0, 0.05) is 6.20 Å². The zero-order valence-electron chi connectivity index (χ0n) is 8.43. The molecule has 0 atom stereocenters. The summed E-state index contributed by atoms with van der Waals surface area (Å²) in [5, 5.41) is 11.8. The summed E-state index contributed by atoms with van der Waals surface area (Å²) in [6.07, 6.45) is 2.49. The molecule has 0 spiro atoms. The Morgan fingerprint density at radius 3 is 2.50 bits per heavy atom. The van der Waals surface area contributed by atoms with E-state index in [1.165, 1.54) is 12.3 Å². The highest BCUT2D eigenvalue weighted by Crippen LogP contribution is 2.38. The van der Waals surface area contributed by atoms with E-state index in [4.69, 9.17) is 10.8 Å². The lowest BCUT2D eigenvalue weighted by Gasteiger charge is -2.12. The van der Waals surface area contributed by atoms with Crippen molar-refractivity contribution in [1.29, 1.82) is 0 Å². The predicted molar refractivity (Wildman–Crippen MR) is 56.0 cm³/mol. The molecule has 1 amide bonds. The minimum absolute atomic E-state index is 0.297. The van der Waals surface area contributed by atoms with Crippen LogP contribution >= 0.6 is 0 Å². The summed E-state index contributed by atoms with van der Waals surface area (Å²) in [6, 6.07) is 3.05. The van der Waals surface area contributed by atoms with Gasteiger partial charge >= 0.3 is 5.97 Å². The Kier molecular flexibility index (Phi) is 2.26. The van der Waals surface area contributed by atoms with Crippen LogP contribution in [0.5, 0.6) is 0 Å². The van der Waals surface area contributed by atoms with Crippen molar-refractivity contribution >= 4 is 17.7 Å². The molecule has 1 aromatic heterocycles. The molecule has 1 heterocycles. The fourth-order valence-electron chi connectivity index (χ4n) is 1.38. The van der Waals surface area contributed by atoms with Crippen LogP contribution in [0.4, 0.5) is 5.82 Å². The van der Waals surface area contributed by atoms with Crippen LogP contribution in [-0.4, -0.2) is 27.5 Å². The molecule has 1 aromatic rings. The van der Waals surface area contributed by atoms with Crippen molar-refractivity contribution in [3.8, 4) is 0 Å². The molecule has 6 nitrogen and oxygen atoms in total. The molecule has 1 aliphatic carbocycles. The maximum Gasteiger partial charge on any atom is 0.329 e. The first-order valence-electron chi connectivity index (χ1n) is 4.81. The molecule has 0 bridgehead atoms. The summed E-state index contributed by atoms with van der Waals surface area (Å²) in [7, 11) is 0. The van der Waals surface area contributed by atoms with E-state index < -0.39 is 17.4 Å². The molecule has 1 aliphatic rings. The van der Waals surface area contributed by atoms with Gasteiger partial charge in [0.1, 0.15) is 11.4 Å². The van der Waals surface area contributed by atoms with Crippen molar-refractivity contribution in [3.63, 3.8) is 0 Å². The normalized spacial score (nSPS) is 16.5. The fourth-order valence-corrected chi connectivity index (χ4v) is 1.38. The van der Waals surface area contributed by atoms with Crippen LogP contribution in [0.15, 0.2) is 18.3 Å². The number of primary amides is 1. The molecule has 2 rings (SSSR count). The number of aliphatic carboxylic acids is 1. The van der Waals surface area contributed by atoms with Gasteiger partial charge in [0.25, 0.3) is 0 Å². The second kappa shape index (κ2) is 3.48. The Morgan fingerprint density at radius 2 is 2.12 bits per heavy atom. The Hall–Kier alpha value is -2.11. The van der Waals surface area contributed by atoms with Gasteiger partial charge in [-0.05, 0) is 25.0 Å². The molecule has 84 valence electrons. The average molecular weight is 221 g/mol. The topological polar surface area (TPSA) is 105 Å². The van der Waals surface area contributed by atoms with Crippen molar-refractivity contribution in [2.75, 3.05) is 5.32 Å². The first-order valence-corrected chi connectivity index (χ1v) is 4.81. The Labute approximate surface area is 91.5 Å². The quantitative estimate of drug-likeness (QED) is 0.674. The van der Waals surface area contributed by atoms with Crippen LogP contribution in [0.1, 0.15) is 23.2 Å². The van der Waals surface area contributed by atoms with Gasteiger partial charge in [-0.25, -0.2) is 9.78 Å². The molecule has 1 saturated carbocycles. The summed E-state index contributed by atoms with van der Waals surface area (Å²) in [5.41, 5.74) is 4.48. The maximum absolute atomic E-state index is 10.9. The summed E-state index contributed by atoms with van der Waals surface area (Å²) < 4.78 is 0. The minimum Gasteiger partial charge on any atom is -0.480 e. The Balaban J connectivity index is 2.12. The van der Waals surface area contributed by atoms with Crippen molar-refractivity contribution in [3.05, 3.63) is 23.9 Å². The molecular formula is C10H11N3O3. The van der Waals surface area contributed by atoms with Gasteiger partial charge in [0.15, 0.2) is 0 Å². The number of rotatable bonds is 4. The number of carbonyl (C=O) groups is 2. The van der Waals surface area contributed by atoms with Crippen LogP contribution < -0.4 is 11.1 Å². The highest BCUT2D eigenvalue weighted by atomic mass is 16.4. The van der Waals surface area contributed by atoms with Crippen molar-refractivity contribution < 1.29 is 14.7 Å². The number of nitrogens with zero attached hydrogens (tertiary/aromatic N) is 1. The maximum atomic E-state index is 10.9. The zero-order chi connectivity index (χ0) is 11.8. The van der Waals surface area contributed by atoms with Crippen molar-refractivity contribution in [1.82, 2.24) is 4.98 Å². The molecular weight excluding hydrogens is 210 g/mol. The van der Waals surface area contributed by atoms with Crippen LogP contribution in [0.3, 0.4) is 0 Å². The Morgan fingerprint density at radius 1 is 1.44 bits per heavy atom.